The molecule has 0 aliphatic carbocycles. The first-order chi connectivity index (χ1) is 8.58. The van der Waals surface area contributed by atoms with Crippen LogP contribution >= 0.6 is 0 Å². The third-order valence-corrected chi connectivity index (χ3v) is 2.84. The number of Topliss-reactive ketones (excluding diaryl/α,β-unsaturated/α-hetero) is 1. The molecule has 0 aliphatic rings. The van der Waals surface area contributed by atoms with E-state index >= 15 is 0 Å². The smallest absolute Gasteiger partial charge is 0.200 e. The molecule has 0 radical (unpaired) electrons. The third-order valence-electron chi connectivity index (χ3n) is 2.84. The van der Waals surface area contributed by atoms with Crippen molar-refractivity contribution in [3.8, 4) is 17.2 Å². The van der Waals surface area contributed by atoms with E-state index in [9.17, 15) is 15.0 Å². The fourth-order valence-corrected chi connectivity index (χ4v) is 1.73. The number of aryl methyl sites for hydroxylation is 1. The molecule has 0 saturated heterocycles. The summed E-state index contributed by atoms with van der Waals surface area (Å²) >= 11 is 0. The summed E-state index contributed by atoms with van der Waals surface area (Å²) in [6.45, 7) is 2.05. The van der Waals surface area contributed by atoms with Gasteiger partial charge in [-0.1, -0.05) is 13.3 Å². The van der Waals surface area contributed by atoms with Gasteiger partial charge in [0, 0.05) is 12.8 Å². The third kappa shape index (κ3) is 3.95. The number of phenolic OH excluding ortho intramolecular Hbond substituents is 2. The van der Waals surface area contributed by atoms with Crippen LogP contribution in [0.2, 0.25) is 0 Å². The van der Waals surface area contributed by atoms with Crippen molar-refractivity contribution in [2.45, 2.75) is 39.0 Å². The summed E-state index contributed by atoms with van der Waals surface area (Å²) in [7, 11) is 1.42. The number of ether oxygens (including phenoxy) is 1. The number of carbonyl (C=O) groups excluding carboxylic acids is 1. The molecule has 0 amide bonds. The largest absolute Gasteiger partial charge is 0.504 e. The van der Waals surface area contributed by atoms with E-state index in [4.69, 9.17) is 4.74 Å². The Morgan fingerprint density at radius 3 is 2.61 bits per heavy atom. The van der Waals surface area contributed by atoms with Gasteiger partial charge in [-0.15, -0.1) is 0 Å². The second-order valence-electron chi connectivity index (χ2n) is 4.31. The molecule has 2 N–H and O–H groups in total. The van der Waals surface area contributed by atoms with Crippen LogP contribution in [0.4, 0.5) is 0 Å². The van der Waals surface area contributed by atoms with Crippen molar-refractivity contribution in [2.75, 3.05) is 7.11 Å². The van der Waals surface area contributed by atoms with Crippen molar-refractivity contribution >= 4 is 5.78 Å². The molecular weight excluding hydrogens is 232 g/mol. The lowest BCUT2D eigenvalue weighted by atomic mass is 10.0. The Hall–Kier alpha value is -1.71. The Balaban J connectivity index is 2.62. The second kappa shape index (κ2) is 6.89. The monoisotopic (exact) mass is 252 g/mol. The molecule has 0 atom stereocenters. The summed E-state index contributed by atoms with van der Waals surface area (Å²) in [5.74, 6) is -0.0293. The molecule has 1 aromatic carbocycles. The maximum Gasteiger partial charge on any atom is 0.200 e. The molecule has 18 heavy (non-hydrogen) atoms. The van der Waals surface area contributed by atoms with Crippen LogP contribution in [-0.4, -0.2) is 23.1 Å². The van der Waals surface area contributed by atoms with Crippen LogP contribution < -0.4 is 4.74 Å². The average Bonchev–Trinajstić information content (AvgIpc) is 2.37. The number of hydrogen-bond acceptors (Lipinski definition) is 4. The summed E-state index contributed by atoms with van der Waals surface area (Å²) in [5, 5.41) is 19.0. The molecule has 1 rings (SSSR count). The summed E-state index contributed by atoms with van der Waals surface area (Å²) in [5.41, 5.74) is 0.784. The van der Waals surface area contributed by atoms with Crippen LogP contribution in [0.3, 0.4) is 0 Å². The van der Waals surface area contributed by atoms with Gasteiger partial charge in [0.25, 0.3) is 0 Å². The molecule has 0 aliphatic heterocycles. The number of carbonyl (C=O) groups is 1. The van der Waals surface area contributed by atoms with Crippen molar-refractivity contribution in [3.63, 3.8) is 0 Å². The first-order valence-corrected chi connectivity index (χ1v) is 6.19. The zero-order chi connectivity index (χ0) is 13.5. The van der Waals surface area contributed by atoms with Gasteiger partial charge in [-0.25, -0.2) is 0 Å². The molecule has 0 unspecified atom stereocenters. The van der Waals surface area contributed by atoms with E-state index in [-0.39, 0.29) is 23.0 Å². The fourth-order valence-electron chi connectivity index (χ4n) is 1.73. The van der Waals surface area contributed by atoms with Crippen molar-refractivity contribution in [1.29, 1.82) is 0 Å². The minimum atomic E-state index is -0.265. The highest BCUT2D eigenvalue weighted by Crippen LogP contribution is 2.36. The molecule has 0 spiro atoms. The van der Waals surface area contributed by atoms with Crippen molar-refractivity contribution in [1.82, 2.24) is 0 Å². The molecule has 0 fully saturated rings. The highest BCUT2D eigenvalue weighted by molar-refractivity contribution is 5.78. The number of methoxy groups -OCH3 is 1. The SMILES string of the molecule is CCCCC(=O)CCc1cc(O)c(O)c(OC)c1. The van der Waals surface area contributed by atoms with Crippen LogP contribution in [0.15, 0.2) is 12.1 Å². The maximum atomic E-state index is 11.5. The number of phenols is 2. The van der Waals surface area contributed by atoms with E-state index in [1.165, 1.54) is 13.2 Å². The van der Waals surface area contributed by atoms with Crippen molar-refractivity contribution < 1.29 is 19.7 Å². The first kappa shape index (κ1) is 14.4. The zero-order valence-corrected chi connectivity index (χ0v) is 10.9. The number of unbranched alkanes of at least 4 members (excludes halogenated alkanes) is 1. The molecule has 0 bridgehead atoms. The Morgan fingerprint density at radius 1 is 1.28 bits per heavy atom. The molecule has 1 aromatic rings. The van der Waals surface area contributed by atoms with Gasteiger partial charge < -0.3 is 14.9 Å². The quantitative estimate of drug-likeness (QED) is 0.732. The van der Waals surface area contributed by atoms with Crippen molar-refractivity contribution in [2.24, 2.45) is 0 Å². The molecule has 0 heterocycles. The van der Waals surface area contributed by atoms with E-state index in [1.807, 2.05) is 0 Å². The minimum Gasteiger partial charge on any atom is -0.504 e. The van der Waals surface area contributed by atoms with Gasteiger partial charge in [0.1, 0.15) is 5.78 Å². The lowest BCUT2D eigenvalue weighted by molar-refractivity contribution is -0.119. The number of rotatable bonds is 7. The Labute approximate surface area is 107 Å². The van der Waals surface area contributed by atoms with E-state index in [2.05, 4.69) is 6.92 Å². The minimum absolute atomic E-state index is 0.217. The van der Waals surface area contributed by atoms with Gasteiger partial charge in [-0.3, -0.25) is 4.79 Å². The highest BCUT2D eigenvalue weighted by Gasteiger charge is 2.10. The first-order valence-electron chi connectivity index (χ1n) is 6.19. The van der Waals surface area contributed by atoms with Crippen LogP contribution in [0, 0.1) is 0 Å². The highest BCUT2D eigenvalue weighted by atomic mass is 16.5. The maximum absolute atomic E-state index is 11.5. The number of benzene rings is 1. The Morgan fingerprint density at radius 2 is 2.00 bits per heavy atom. The van der Waals surface area contributed by atoms with Gasteiger partial charge >= 0.3 is 0 Å². The summed E-state index contributed by atoms with van der Waals surface area (Å²) in [6, 6.07) is 3.10. The molecular formula is C14H20O4. The molecule has 0 saturated carbocycles. The summed E-state index contributed by atoms with van der Waals surface area (Å²) < 4.78 is 4.94. The molecule has 4 heteroatoms. The predicted octanol–water partition coefficient (Wildman–Crippen LogP) is 2.80. The van der Waals surface area contributed by atoms with E-state index in [0.717, 1.165) is 18.4 Å². The Bertz CT molecular complexity index is 413. The summed E-state index contributed by atoms with van der Waals surface area (Å²) in [6.07, 6.45) is 3.54. The van der Waals surface area contributed by atoms with Gasteiger partial charge in [-0.05, 0) is 30.5 Å². The summed E-state index contributed by atoms with van der Waals surface area (Å²) in [4.78, 5) is 11.5. The van der Waals surface area contributed by atoms with Crippen LogP contribution in [0.25, 0.3) is 0 Å². The zero-order valence-electron chi connectivity index (χ0n) is 10.9. The predicted molar refractivity (Wildman–Crippen MR) is 69.2 cm³/mol. The Kier molecular flexibility index (Phi) is 5.49. The van der Waals surface area contributed by atoms with Gasteiger partial charge in [-0.2, -0.15) is 0 Å². The average molecular weight is 252 g/mol. The standard InChI is InChI=1S/C14H20O4/c1-3-4-5-11(15)7-6-10-8-12(16)14(17)13(9-10)18-2/h8-9,16-17H,3-7H2,1-2H3. The number of ketones is 1. The van der Waals surface area contributed by atoms with E-state index in [0.29, 0.717) is 19.3 Å². The molecule has 4 nitrogen and oxygen atoms in total. The number of aromatic hydroxyl groups is 2. The van der Waals surface area contributed by atoms with Gasteiger partial charge in [0.2, 0.25) is 5.75 Å². The van der Waals surface area contributed by atoms with Gasteiger partial charge in [0.15, 0.2) is 11.5 Å². The van der Waals surface area contributed by atoms with Crippen LogP contribution in [0.1, 0.15) is 38.2 Å². The lowest BCUT2D eigenvalue weighted by Crippen LogP contribution is -2.00. The van der Waals surface area contributed by atoms with Crippen LogP contribution in [-0.2, 0) is 11.2 Å². The topological polar surface area (TPSA) is 66.8 Å². The fraction of sp³-hybridized carbons (Fsp3) is 0.500. The molecule has 100 valence electrons. The molecule has 0 aromatic heterocycles. The lowest BCUT2D eigenvalue weighted by Gasteiger charge is -2.08. The van der Waals surface area contributed by atoms with E-state index < -0.39 is 0 Å². The van der Waals surface area contributed by atoms with Crippen LogP contribution in [0.5, 0.6) is 17.2 Å². The van der Waals surface area contributed by atoms with E-state index in [1.54, 1.807) is 6.07 Å². The number of hydrogen-bond donors (Lipinski definition) is 2. The normalized spacial score (nSPS) is 10.3. The van der Waals surface area contributed by atoms with Gasteiger partial charge in [0.05, 0.1) is 7.11 Å². The van der Waals surface area contributed by atoms with Crippen molar-refractivity contribution in [3.05, 3.63) is 17.7 Å². The second-order valence-corrected chi connectivity index (χ2v) is 4.31.